The molecule has 0 saturated heterocycles. The van der Waals surface area contributed by atoms with Gasteiger partial charge in [0.1, 0.15) is 0 Å². The topological polar surface area (TPSA) is 75.3 Å². The van der Waals surface area contributed by atoms with E-state index in [1.165, 1.54) is 6.07 Å². The maximum absolute atomic E-state index is 13.7. The quantitative estimate of drug-likeness (QED) is 0.792. The molecule has 0 atom stereocenters. The summed E-state index contributed by atoms with van der Waals surface area (Å²) in [5.41, 5.74) is 6.56. The average Bonchev–Trinajstić information content (AvgIpc) is 2.49. The molecule has 0 aliphatic rings. The molecule has 0 fully saturated rings. The van der Waals surface area contributed by atoms with E-state index in [-0.39, 0.29) is 12.2 Å². The molecule has 4 N–H and O–H groups in total. The zero-order chi connectivity index (χ0) is 15.4. The highest BCUT2D eigenvalue weighted by molar-refractivity contribution is 5.88. The predicted molar refractivity (Wildman–Crippen MR) is 75.0 cm³/mol. The van der Waals surface area contributed by atoms with Gasteiger partial charge in [0, 0.05) is 13.1 Å². The van der Waals surface area contributed by atoms with Gasteiger partial charge in [-0.3, -0.25) is 0 Å². The van der Waals surface area contributed by atoms with Crippen molar-refractivity contribution in [3.63, 3.8) is 0 Å². The Kier molecular flexibility index (Phi) is 4.49. The molecular weight excluding hydrogens is 278 g/mol. The second-order valence-electron chi connectivity index (χ2n) is 4.47. The first-order valence-electron chi connectivity index (χ1n) is 6.26. The molecule has 0 saturated carbocycles. The number of aromatic carboxylic acids is 1. The lowest BCUT2D eigenvalue weighted by atomic mass is 10.1. The van der Waals surface area contributed by atoms with Crippen molar-refractivity contribution in [2.75, 3.05) is 5.32 Å². The fourth-order valence-corrected chi connectivity index (χ4v) is 1.84. The number of carboxylic acid groups (broad SMARTS) is 1. The van der Waals surface area contributed by atoms with Crippen LogP contribution in [0.4, 0.5) is 14.5 Å². The van der Waals surface area contributed by atoms with Gasteiger partial charge in [-0.15, -0.1) is 0 Å². The van der Waals surface area contributed by atoms with Crippen LogP contribution in [0.2, 0.25) is 0 Å². The van der Waals surface area contributed by atoms with E-state index in [0.29, 0.717) is 6.54 Å². The van der Waals surface area contributed by atoms with E-state index < -0.39 is 23.2 Å². The van der Waals surface area contributed by atoms with Gasteiger partial charge in [0.2, 0.25) is 0 Å². The predicted octanol–water partition coefficient (Wildman–Crippen LogP) is 2.73. The minimum absolute atomic E-state index is 0.0830. The highest BCUT2D eigenvalue weighted by atomic mass is 19.2. The molecule has 0 spiro atoms. The summed E-state index contributed by atoms with van der Waals surface area (Å²) < 4.78 is 27.3. The first-order valence-corrected chi connectivity index (χ1v) is 6.26. The first-order chi connectivity index (χ1) is 10.0. The number of nitrogens with two attached hydrogens (primary N) is 1. The molecule has 110 valence electrons. The van der Waals surface area contributed by atoms with E-state index in [9.17, 15) is 13.6 Å². The van der Waals surface area contributed by atoms with Gasteiger partial charge in [-0.05, 0) is 23.3 Å². The summed E-state index contributed by atoms with van der Waals surface area (Å²) >= 11 is 0. The number of anilines is 1. The summed E-state index contributed by atoms with van der Waals surface area (Å²) in [5.74, 6) is -4.07. The van der Waals surface area contributed by atoms with Crippen LogP contribution in [0.25, 0.3) is 0 Å². The molecule has 21 heavy (non-hydrogen) atoms. The Morgan fingerprint density at radius 2 is 1.67 bits per heavy atom. The van der Waals surface area contributed by atoms with Crippen molar-refractivity contribution in [2.45, 2.75) is 13.1 Å². The third-order valence-corrected chi connectivity index (χ3v) is 3.05. The standard InChI is InChI=1S/C15H14F2N2O2/c16-13-11(15(20)21)5-6-12(14(13)17)19-8-10-3-1-9(7-18)2-4-10/h1-6,19H,7-8,18H2,(H,20,21). The zero-order valence-electron chi connectivity index (χ0n) is 11.1. The van der Waals surface area contributed by atoms with E-state index in [0.717, 1.165) is 17.2 Å². The van der Waals surface area contributed by atoms with Gasteiger partial charge in [0.05, 0.1) is 11.3 Å². The molecule has 0 aliphatic carbocycles. The Morgan fingerprint density at radius 3 is 2.24 bits per heavy atom. The van der Waals surface area contributed by atoms with Crippen molar-refractivity contribution < 1.29 is 18.7 Å². The number of carboxylic acids is 1. The molecule has 4 nitrogen and oxygen atoms in total. The molecule has 0 unspecified atom stereocenters. The van der Waals surface area contributed by atoms with Gasteiger partial charge in [-0.1, -0.05) is 24.3 Å². The average molecular weight is 292 g/mol. The van der Waals surface area contributed by atoms with Crippen LogP contribution < -0.4 is 11.1 Å². The van der Waals surface area contributed by atoms with E-state index in [1.54, 1.807) is 0 Å². The lowest BCUT2D eigenvalue weighted by Gasteiger charge is -2.10. The number of hydrogen-bond acceptors (Lipinski definition) is 3. The van der Waals surface area contributed by atoms with Gasteiger partial charge >= 0.3 is 5.97 Å². The van der Waals surface area contributed by atoms with Crippen LogP contribution >= 0.6 is 0 Å². The highest BCUT2D eigenvalue weighted by Crippen LogP contribution is 2.21. The van der Waals surface area contributed by atoms with E-state index in [2.05, 4.69) is 5.32 Å². The summed E-state index contributed by atoms with van der Waals surface area (Å²) in [7, 11) is 0. The lowest BCUT2D eigenvalue weighted by Crippen LogP contribution is -2.07. The number of hydrogen-bond donors (Lipinski definition) is 3. The summed E-state index contributed by atoms with van der Waals surface area (Å²) in [4.78, 5) is 10.7. The van der Waals surface area contributed by atoms with Crippen LogP contribution in [0, 0.1) is 11.6 Å². The van der Waals surface area contributed by atoms with Crippen molar-refractivity contribution in [3.05, 3.63) is 64.7 Å². The van der Waals surface area contributed by atoms with Crippen LogP contribution in [0.1, 0.15) is 21.5 Å². The van der Waals surface area contributed by atoms with Crippen molar-refractivity contribution in [1.82, 2.24) is 0 Å². The molecule has 0 bridgehead atoms. The van der Waals surface area contributed by atoms with E-state index >= 15 is 0 Å². The third-order valence-electron chi connectivity index (χ3n) is 3.05. The Labute approximate surface area is 120 Å². The maximum atomic E-state index is 13.7. The van der Waals surface area contributed by atoms with Crippen LogP contribution in [-0.4, -0.2) is 11.1 Å². The minimum Gasteiger partial charge on any atom is -0.478 e. The summed E-state index contributed by atoms with van der Waals surface area (Å²) in [6.45, 7) is 0.720. The molecule has 2 aromatic rings. The second-order valence-corrected chi connectivity index (χ2v) is 4.47. The van der Waals surface area contributed by atoms with Crippen LogP contribution in [-0.2, 0) is 13.1 Å². The summed E-state index contributed by atoms with van der Waals surface area (Å²) in [5, 5.41) is 11.4. The summed E-state index contributed by atoms with van der Waals surface area (Å²) in [6.07, 6.45) is 0. The molecule has 0 heterocycles. The van der Waals surface area contributed by atoms with Gasteiger partial charge in [-0.25, -0.2) is 13.6 Å². The molecule has 6 heteroatoms. The third kappa shape index (κ3) is 3.35. The Balaban J connectivity index is 2.12. The van der Waals surface area contributed by atoms with Crippen LogP contribution in [0.3, 0.4) is 0 Å². The number of nitrogens with one attached hydrogen (secondary N) is 1. The fourth-order valence-electron chi connectivity index (χ4n) is 1.84. The monoisotopic (exact) mass is 292 g/mol. The minimum atomic E-state index is -1.50. The number of benzene rings is 2. The molecular formula is C15H14F2N2O2. The zero-order valence-corrected chi connectivity index (χ0v) is 11.1. The smallest absolute Gasteiger partial charge is 0.338 e. The largest absolute Gasteiger partial charge is 0.478 e. The highest BCUT2D eigenvalue weighted by Gasteiger charge is 2.17. The number of halogens is 2. The molecule has 0 aromatic heterocycles. The van der Waals surface area contributed by atoms with Crippen molar-refractivity contribution in [3.8, 4) is 0 Å². The van der Waals surface area contributed by atoms with Crippen molar-refractivity contribution >= 4 is 11.7 Å². The lowest BCUT2D eigenvalue weighted by molar-refractivity contribution is 0.0690. The first kappa shape index (κ1) is 14.9. The number of rotatable bonds is 5. The Hall–Kier alpha value is -2.47. The van der Waals surface area contributed by atoms with Gasteiger partial charge in [0.15, 0.2) is 11.6 Å². The van der Waals surface area contributed by atoms with Crippen molar-refractivity contribution in [1.29, 1.82) is 0 Å². The summed E-state index contributed by atoms with van der Waals surface area (Å²) in [6, 6.07) is 9.59. The molecule has 0 amide bonds. The van der Waals surface area contributed by atoms with E-state index in [1.807, 2.05) is 24.3 Å². The maximum Gasteiger partial charge on any atom is 0.338 e. The normalized spacial score (nSPS) is 10.4. The molecule has 2 rings (SSSR count). The van der Waals surface area contributed by atoms with Gasteiger partial charge < -0.3 is 16.2 Å². The van der Waals surface area contributed by atoms with Gasteiger partial charge in [0.25, 0.3) is 0 Å². The second kappa shape index (κ2) is 6.32. The SMILES string of the molecule is NCc1ccc(CNc2ccc(C(=O)O)c(F)c2F)cc1. The van der Waals surface area contributed by atoms with E-state index in [4.69, 9.17) is 10.8 Å². The molecule has 2 aromatic carbocycles. The molecule has 0 aliphatic heterocycles. The fraction of sp³-hybridized carbons (Fsp3) is 0.133. The van der Waals surface area contributed by atoms with Gasteiger partial charge in [-0.2, -0.15) is 0 Å². The van der Waals surface area contributed by atoms with Crippen LogP contribution in [0.15, 0.2) is 36.4 Å². The van der Waals surface area contributed by atoms with Crippen LogP contribution in [0.5, 0.6) is 0 Å². The Bertz CT molecular complexity index is 657. The molecule has 0 radical (unpaired) electrons. The van der Waals surface area contributed by atoms with Crippen molar-refractivity contribution in [2.24, 2.45) is 5.73 Å². The Morgan fingerprint density at radius 1 is 1.05 bits per heavy atom. The number of carbonyl (C=O) groups is 1.